The predicted octanol–water partition coefficient (Wildman–Crippen LogP) is 2.96. The molecule has 1 aromatic rings. The first-order valence-corrected chi connectivity index (χ1v) is 16.4. The number of allylic oxidation sites excluding steroid dienone is 1. The van der Waals surface area contributed by atoms with Gasteiger partial charge in [0.05, 0.1) is 0 Å². The Balaban J connectivity index is 2.01. The van der Waals surface area contributed by atoms with Gasteiger partial charge in [-0.15, -0.1) is 0 Å². The van der Waals surface area contributed by atoms with Crippen LogP contribution in [-0.4, -0.2) is 96.8 Å². The monoisotopic (exact) mass is 692 g/mol. The van der Waals surface area contributed by atoms with E-state index in [1.165, 1.54) is 13.0 Å². The number of carbonyl (C=O) groups is 5. The Morgan fingerprint density at radius 1 is 0.980 bits per heavy atom. The number of aliphatic hydroxyl groups is 2. The van der Waals surface area contributed by atoms with Gasteiger partial charge in [0.2, 0.25) is 23.1 Å². The third-order valence-electron chi connectivity index (χ3n) is 9.65. The van der Waals surface area contributed by atoms with E-state index < -0.39 is 83.6 Å². The highest BCUT2D eigenvalue weighted by atomic mass is 16.8. The van der Waals surface area contributed by atoms with E-state index in [0.29, 0.717) is 18.8 Å². The zero-order chi connectivity index (χ0) is 36.9. The van der Waals surface area contributed by atoms with E-state index in [2.05, 4.69) is 0 Å². The first-order chi connectivity index (χ1) is 22.9. The largest absolute Gasteiger partial charge is 0.479 e. The third-order valence-corrected chi connectivity index (χ3v) is 9.65. The standard InChI is InChI=1S/C35H48O14/c1-7-19(2)17-20(3)13-14-25(37)47-28-27(38)33(48-29(30(39)40)34(45,31(41)42)35(28,49-33)32(43)44)16-15-21(4)26(46-23(6)36)22(5)18-24-11-9-8-10-12-24/h8-14,19-22,26-29,38,45H,7,15-18H2,1-6H3,(H,39,40)(H,41,42)(H,43,44)/b14-13+/t19-,20+,21-,22+,26+,27+,28+,29+,33-,34+,35-/m0/s1. The molecule has 0 aromatic heterocycles. The summed E-state index contributed by atoms with van der Waals surface area (Å²) in [6.07, 6.45) is -4.14. The fourth-order valence-corrected chi connectivity index (χ4v) is 6.91. The molecule has 0 amide bonds. The zero-order valence-corrected chi connectivity index (χ0v) is 28.6. The van der Waals surface area contributed by atoms with Gasteiger partial charge in [0.25, 0.3) is 0 Å². The summed E-state index contributed by atoms with van der Waals surface area (Å²) in [4.78, 5) is 63.1. The van der Waals surface area contributed by atoms with Gasteiger partial charge in [-0.1, -0.05) is 77.4 Å². The third kappa shape index (κ3) is 7.98. The van der Waals surface area contributed by atoms with Crippen LogP contribution in [-0.2, 0) is 49.3 Å². The number of carbonyl (C=O) groups excluding carboxylic acids is 2. The summed E-state index contributed by atoms with van der Waals surface area (Å²) in [5.41, 5.74) is -6.43. The molecule has 14 nitrogen and oxygen atoms in total. The van der Waals surface area contributed by atoms with Crippen molar-refractivity contribution in [3.05, 3.63) is 48.0 Å². The quantitative estimate of drug-likeness (QED) is 0.117. The number of benzene rings is 1. The molecule has 2 aliphatic heterocycles. The fourth-order valence-electron chi connectivity index (χ4n) is 6.91. The van der Waals surface area contributed by atoms with Crippen molar-refractivity contribution in [1.82, 2.24) is 0 Å². The van der Waals surface area contributed by atoms with Crippen molar-refractivity contribution in [3.63, 3.8) is 0 Å². The first-order valence-electron chi connectivity index (χ1n) is 16.4. The second kappa shape index (κ2) is 15.8. The highest BCUT2D eigenvalue weighted by Crippen LogP contribution is 2.56. The summed E-state index contributed by atoms with van der Waals surface area (Å²) in [5, 5.41) is 53.6. The van der Waals surface area contributed by atoms with E-state index in [0.717, 1.165) is 18.1 Å². The molecule has 0 radical (unpaired) electrons. The molecule has 0 saturated carbocycles. The molecular formula is C35H48O14. The van der Waals surface area contributed by atoms with Crippen LogP contribution in [0.2, 0.25) is 0 Å². The van der Waals surface area contributed by atoms with Gasteiger partial charge in [0.1, 0.15) is 12.2 Å². The maximum atomic E-state index is 13.0. The number of carboxylic acids is 3. The second-order valence-corrected chi connectivity index (χ2v) is 13.5. The van der Waals surface area contributed by atoms with Crippen LogP contribution in [0.15, 0.2) is 42.5 Å². The van der Waals surface area contributed by atoms with E-state index >= 15 is 0 Å². The molecule has 49 heavy (non-hydrogen) atoms. The zero-order valence-electron chi connectivity index (χ0n) is 28.6. The van der Waals surface area contributed by atoms with Gasteiger partial charge in [-0.05, 0) is 48.5 Å². The number of fused-ring (bicyclic) bond motifs is 2. The Kier molecular flexibility index (Phi) is 12.8. The number of hydrogen-bond acceptors (Lipinski definition) is 11. The Bertz CT molecular complexity index is 1400. The summed E-state index contributed by atoms with van der Waals surface area (Å²) >= 11 is 0. The molecule has 1 aromatic carbocycles. The molecule has 11 atom stereocenters. The van der Waals surface area contributed by atoms with Crippen LogP contribution in [0.25, 0.3) is 0 Å². The lowest BCUT2D eigenvalue weighted by Gasteiger charge is -2.48. The minimum absolute atomic E-state index is 0.0463. The number of hydrogen-bond donors (Lipinski definition) is 5. The Labute approximate surface area is 285 Å². The van der Waals surface area contributed by atoms with Crippen molar-refractivity contribution in [2.24, 2.45) is 23.7 Å². The van der Waals surface area contributed by atoms with E-state index in [1.54, 1.807) is 6.92 Å². The maximum absolute atomic E-state index is 13.0. The van der Waals surface area contributed by atoms with E-state index in [9.17, 15) is 49.5 Å². The maximum Gasteiger partial charge on any atom is 0.344 e. The van der Waals surface area contributed by atoms with Crippen LogP contribution in [0.5, 0.6) is 0 Å². The average Bonchev–Trinajstić information content (AvgIpc) is 3.25. The number of aliphatic hydroxyl groups excluding tert-OH is 1. The number of esters is 2. The van der Waals surface area contributed by atoms with Gasteiger partial charge in [0, 0.05) is 19.4 Å². The molecule has 2 saturated heterocycles. The molecule has 0 spiro atoms. The lowest BCUT2D eigenvalue weighted by Crippen LogP contribution is -2.78. The molecule has 272 valence electrons. The molecule has 2 heterocycles. The van der Waals surface area contributed by atoms with Crippen LogP contribution in [0.4, 0.5) is 0 Å². The highest BCUT2D eigenvalue weighted by molar-refractivity contribution is 5.98. The minimum Gasteiger partial charge on any atom is -0.479 e. The molecule has 0 unspecified atom stereocenters. The van der Waals surface area contributed by atoms with Crippen LogP contribution < -0.4 is 0 Å². The van der Waals surface area contributed by atoms with E-state index in [-0.39, 0.29) is 18.3 Å². The number of ether oxygens (including phenoxy) is 4. The van der Waals surface area contributed by atoms with Crippen LogP contribution in [0, 0.1) is 23.7 Å². The molecule has 0 aliphatic carbocycles. The Hall–Kier alpha value is -3.85. The van der Waals surface area contributed by atoms with Crippen molar-refractivity contribution < 1.29 is 68.5 Å². The number of carboxylic acid groups (broad SMARTS) is 3. The lowest BCUT2D eigenvalue weighted by molar-refractivity contribution is -0.374. The summed E-state index contributed by atoms with van der Waals surface area (Å²) in [5.74, 6) is -11.5. The fraction of sp³-hybridized carbons (Fsp3) is 0.629. The summed E-state index contributed by atoms with van der Waals surface area (Å²) in [7, 11) is 0. The van der Waals surface area contributed by atoms with Crippen LogP contribution in [0.1, 0.15) is 72.8 Å². The van der Waals surface area contributed by atoms with E-state index in [4.69, 9.17) is 18.9 Å². The smallest absolute Gasteiger partial charge is 0.344 e. The van der Waals surface area contributed by atoms with E-state index in [1.807, 2.05) is 58.0 Å². The molecule has 14 heteroatoms. The molecule has 5 N–H and O–H groups in total. The van der Waals surface area contributed by atoms with Crippen molar-refractivity contribution >= 4 is 29.8 Å². The molecule has 2 bridgehead atoms. The summed E-state index contributed by atoms with van der Waals surface area (Å²) in [6.45, 7) is 10.7. The van der Waals surface area contributed by atoms with Crippen molar-refractivity contribution in [2.45, 2.75) is 115 Å². The van der Waals surface area contributed by atoms with Gasteiger partial charge < -0.3 is 44.5 Å². The normalized spacial score (nSPS) is 30.9. The lowest BCUT2D eigenvalue weighted by atomic mass is 9.74. The van der Waals surface area contributed by atoms with Crippen molar-refractivity contribution in [1.29, 1.82) is 0 Å². The molecular weight excluding hydrogens is 644 g/mol. The average molecular weight is 693 g/mol. The highest BCUT2D eigenvalue weighted by Gasteiger charge is 2.85. The predicted molar refractivity (Wildman–Crippen MR) is 171 cm³/mol. The number of aliphatic carboxylic acids is 3. The van der Waals surface area contributed by atoms with Gasteiger partial charge in [-0.2, -0.15) is 0 Å². The summed E-state index contributed by atoms with van der Waals surface area (Å²) < 4.78 is 22.2. The van der Waals surface area contributed by atoms with Crippen LogP contribution >= 0.6 is 0 Å². The Morgan fingerprint density at radius 3 is 2.14 bits per heavy atom. The van der Waals surface area contributed by atoms with Gasteiger partial charge >= 0.3 is 29.8 Å². The molecule has 2 aliphatic rings. The Morgan fingerprint density at radius 2 is 1.61 bits per heavy atom. The first kappa shape index (κ1) is 39.6. The topological polar surface area (TPSA) is 223 Å². The van der Waals surface area contributed by atoms with Crippen LogP contribution in [0.3, 0.4) is 0 Å². The molecule has 2 fully saturated rings. The minimum atomic E-state index is -3.87. The molecule has 3 rings (SSSR count). The van der Waals surface area contributed by atoms with Crippen molar-refractivity contribution in [2.75, 3.05) is 0 Å². The second-order valence-electron chi connectivity index (χ2n) is 13.5. The van der Waals surface area contributed by atoms with Gasteiger partial charge in [-0.3, -0.25) is 4.79 Å². The number of rotatable bonds is 17. The van der Waals surface area contributed by atoms with Crippen molar-refractivity contribution in [3.8, 4) is 0 Å². The van der Waals surface area contributed by atoms with Gasteiger partial charge in [0.15, 0.2) is 6.10 Å². The SMILES string of the molecule is CC[C@H](C)C[C@H](C)/C=C/C(=O)O[C@@H]1[C@@H](O)[C@@]2(CC[C@H](C)[C@@H](OC(C)=O)[C@H](C)Cc3ccccc3)O[C@H](C(=O)O)[C@@](O)(C(=O)O)[C@]1(C(=O)O)O2. The van der Waals surface area contributed by atoms with Gasteiger partial charge in [-0.25, -0.2) is 19.2 Å². The summed E-state index contributed by atoms with van der Waals surface area (Å²) in [6, 6.07) is 9.41.